The van der Waals surface area contributed by atoms with Gasteiger partial charge < -0.3 is 13.3 Å². The second-order valence-corrected chi connectivity index (χ2v) is 41.1. The highest BCUT2D eigenvalue weighted by Gasteiger charge is 2.28. The molecular weight excluding hydrogens is 1890 g/mol. The Kier molecular flexibility index (Phi) is 21.3. The monoisotopic (exact) mass is 1970 g/mol. The molecule has 0 bridgehead atoms. The van der Waals surface area contributed by atoms with Crippen LogP contribution in [0.1, 0.15) is 0 Å². The maximum absolute atomic E-state index is 6.58. The molecule has 150 heavy (non-hydrogen) atoms. The molecule has 22 aromatic carbocycles. The van der Waals surface area contributed by atoms with Crippen LogP contribution in [0.3, 0.4) is 0 Å². The van der Waals surface area contributed by atoms with Crippen molar-refractivity contribution in [1.82, 2.24) is 29.9 Å². The van der Waals surface area contributed by atoms with Crippen molar-refractivity contribution >= 4 is 196 Å². The summed E-state index contributed by atoms with van der Waals surface area (Å²) >= 11 is 5.21. The van der Waals surface area contributed by atoms with Crippen molar-refractivity contribution in [3.05, 3.63) is 497 Å². The Labute approximate surface area is 872 Å². The van der Waals surface area contributed by atoms with Gasteiger partial charge >= 0.3 is 0 Å². The van der Waals surface area contributed by atoms with Crippen LogP contribution >= 0.6 is 34.0 Å². The van der Waals surface area contributed by atoms with E-state index >= 15 is 0 Å². The van der Waals surface area contributed by atoms with Gasteiger partial charge in [0.05, 0.1) is 64.3 Å². The standard InChI is InChI=1S/C50H30N2OS.2C44H26N2OS/c1-3-11-35(12-4-1)49-40-30-44-48(39-16-8-10-18-43(39)53-44)46(47(40)38-15-7-9-17-41(38)51-49)34-25-23-32(24-26-34)31-19-21-33(22-20-31)37-27-28-45-42(29-37)52-50(54-45)36-13-5-2-6-14-36;1-3-11-29(12-4-1)43-34-26-38-42(33-16-8-10-18-37(33)47-38)40(41(34)32-15-7-9-17-35(32)45-43)28-21-19-27(20-22-28)31-23-24-39-36(25-31)46-44(48-39)30-13-5-2-6-14-30;1-3-11-29(12-4-1)43-34-26-38-42(33-16-8-10-18-37(33)47-38)40(41(34)32-15-7-9-17-35(32)45-43)28-21-19-27(20-22-28)31-23-24-36-39(25-31)48-44(46-36)30-13-5-2-6-14-30/h1-30H;2*1-26H. The lowest BCUT2D eigenvalue weighted by molar-refractivity contribution is 0.669. The first-order chi connectivity index (χ1) is 74.3. The number of hydrogen-bond donors (Lipinski definition) is 0. The molecule has 0 saturated heterocycles. The van der Waals surface area contributed by atoms with Gasteiger partial charge in [-0.3, -0.25) is 0 Å². The van der Waals surface area contributed by atoms with Crippen molar-refractivity contribution in [3.63, 3.8) is 0 Å². The minimum absolute atomic E-state index is 0.861. The second kappa shape index (κ2) is 36.6. The summed E-state index contributed by atoms with van der Waals surface area (Å²) in [6, 6.07) is 175. The summed E-state index contributed by atoms with van der Waals surface area (Å²) in [6.07, 6.45) is 0. The number of nitrogens with zero attached hydrogens (tertiary/aromatic N) is 6. The van der Waals surface area contributed by atoms with Crippen LogP contribution in [-0.2, 0) is 0 Å². The highest BCUT2D eigenvalue weighted by Crippen LogP contribution is 2.53. The van der Waals surface area contributed by atoms with Gasteiger partial charge in [0.2, 0.25) is 0 Å². The number of furan rings is 3. The summed E-state index contributed by atoms with van der Waals surface area (Å²) in [5.74, 6) is 0. The Balaban J connectivity index is 0.000000106. The molecule has 0 saturated carbocycles. The number of benzene rings is 22. The van der Waals surface area contributed by atoms with Gasteiger partial charge in [-0.1, -0.05) is 406 Å². The van der Waals surface area contributed by atoms with Crippen LogP contribution in [0.5, 0.6) is 0 Å². The van der Waals surface area contributed by atoms with Gasteiger partial charge in [0.15, 0.2) is 0 Å². The topological polar surface area (TPSA) is 117 Å². The van der Waals surface area contributed by atoms with E-state index in [1.165, 1.54) is 63.6 Å². The first-order valence-corrected chi connectivity index (χ1v) is 52.7. The van der Waals surface area contributed by atoms with Crippen molar-refractivity contribution in [2.75, 3.05) is 0 Å². The van der Waals surface area contributed by atoms with Gasteiger partial charge in [-0.2, -0.15) is 0 Å². The minimum Gasteiger partial charge on any atom is -0.456 e. The molecule has 9 nitrogen and oxygen atoms in total. The van der Waals surface area contributed by atoms with E-state index in [9.17, 15) is 0 Å². The fraction of sp³-hybridized carbons (Fsp3) is 0. The van der Waals surface area contributed by atoms with Gasteiger partial charge in [-0.15, -0.1) is 34.0 Å². The number of pyridine rings is 3. The van der Waals surface area contributed by atoms with Crippen LogP contribution in [0.2, 0.25) is 0 Å². The molecule has 0 atom stereocenters. The highest BCUT2D eigenvalue weighted by molar-refractivity contribution is 7.22. The van der Waals surface area contributed by atoms with E-state index in [0.29, 0.717) is 0 Å². The van der Waals surface area contributed by atoms with Crippen LogP contribution in [0, 0.1) is 0 Å². The lowest BCUT2D eigenvalue weighted by atomic mass is 9.89. The van der Waals surface area contributed by atoms with Gasteiger partial charge in [-0.25, -0.2) is 29.9 Å². The molecule has 0 fully saturated rings. The average molecular weight is 1970 g/mol. The number of hydrogen-bond acceptors (Lipinski definition) is 12. The molecule has 9 heterocycles. The van der Waals surface area contributed by atoms with Crippen LogP contribution in [0.25, 0.3) is 305 Å². The Morgan fingerprint density at radius 3 is 0.693 bits per heavy atom. The van der Waals surface area contributed by atoms with Gasteiger partial charge in [0.1, 0.15) is 48.5 Å². The summed E-state index contributed by atoms with van der Waals surface area (Å²) in [4.78, 5) is 30.5. The summed E-state index contributed by atoms with van der Waals surface area (Å²) in [7, 11) is 0. The summed E-state index contributed by atoms with van der Waals surface area (Å²) in [5, 5.41) is 20.0. The quantitative estimate of drug-likeness (QED) is 0.104. The molecule has 31 aromatic rings. The number of thiazole rings is 3. The molecule has 0 unspecified atom stereocenters. The van der Waals surface area contributed by atoms with Crippen LogP contribution in [0.4, 0.5) is 0 Å². The molecule has 700 valence electrons. The van der Waals surface area contributed by atoms with E-state index in [0.717, 1.165) is 241 Å². The molecule has 0 aliphatic heterocycles. The number of para-hydroxylation sites is 6. The maximum Gasteiger partial charge on any atom is 0.136 e. The van der Waals surface area contributed by atoms with Gasteiger partial charge in [-0.05, 0) is 152 Å². The van der Waals surface area contributed by atoms with Gasteiger partial charge in [0.25, 0.3) is 0 Å². The number of fused-ring (bicyclic) bond motifs is 21. The van der Waals surface area contributed by atoms with Crippen molar-refractivity contribution in [2.45, 2.75) is 0 Å². The van der Waals surface area contributed by atoms with E-state index in [-0.39, 0.29) is 0 Å². The van der Waals surface area contributed by atoms with Crippen LogP contribution in [-0.4, -0.2) is 29.9 Å². The molecular formula is C138H82N6O3S3. The Morgan fingerprint density at radius 2 is 0.373 bits per heavy atom. The summed E-state index contributed by atoms with van der Waals surface area (Å²) in [5.41, 5.74) is 37.0. The zero-order valence-electron chi connectivity index (χ0n) is 80.5. The predicted octanol–water partition coefficient (Wildman–Crippen LogP) is 39.4. The lowest BCUT2D eigenvalue weighted by Gasteiger charge is -2.16. The molecule has 31 rings (SSSR count). The van der Waals surface area contributed by atoms with E-state index in [1.807, 2.05) is 54.6 Å². The van der Waals surface area contributed by atoms with Crippen LogP contribution in [0.15, 0.2) is 511 Å². The fourth-order valence-corrected chi connectivity index (χ4v) is 25.0. The second-order valence-electron chi connectivity index (χ2n) is 38.0. The smallest absolute Gasteiger partial charge is 0.136 e. The zero-order valence-corrected chi connectivity index (χ0v) is 82.9. The SMILES string of the molecule is c1ccc(-c2nc3cc(-c4ccc(-c5c6c(cc7c(-c8ccccc8)nc8ccccc8c57)oc5ccccc56)cc4)ccc3s2)cc1.c1ccc(-c2nc3cc(-c4ccc(-c5ccc(-c6c7c(cc8c(-c9ccccc9)nc9ccccc9c68)oc6ccccc67)cc5)cc4)ccc3s2)cc1.c1ccc(-c2nc3ccc(-c4ccc(-c5c6c(cc7c(-c8ccccc8)nc8ccccc8c57)oc5ccccc56)cc4)cc3s2)cc1. The molecule has 0 aliphatic carbocycles. The van der Waals surface area contributed by atoms with E-state index < -0.39 is 0 Å². The highest BCUT2D eigenvalue weighted by atomic mass is 32.1. The molecule has 0 N–H and O–H groups in total. The van der Waals surface area contributed by atoms with Crippen molar-refractivity contribution in [1.29, 1.82) is 0 Å². The molecule has 0 aliphatic rings. The Morgan fingerprint density at radius 1 is 0.133 bits per heavy atom. The van der Waals surface area contributed by atoms with Gasteiger partial charge in [0, 0.05) is 131 Å². The fourth-order valence-electron chi connectivity index (χ4n) is 22.0. The van der Waals surface area contributed by atoms with Crippen molar-refractivity contribution in [3.8, 4) is 143 Å². The van der Waals surface area contributed by atoms with Crippen molar-refractivity contribution < 1.29 is 13.3 Å². The molecule has 9 aromatic heterocycles. The first kappa shape index (κ1) is 87.5. The zero-order chi connectivity index (χ0) is 98.8. The molecule has 12 heteroatoms. The van der Waals surface area contributed by atoms with Crippen LogP contribution < -0.4 is 0 Å². The third kappa shape index (κ3) is 15.4. The molecule has 0 spiro atoms. The number of aromatic nitrogens is 6. The van der Waals surface area contributed by atoms with Crippen molar-refractivity contribution in [2.24, 2.45) is 0 Å². The molecule has 0 amide bonds. The third-order valence-corrected chi connectivity index (χ3v) is 32.3. The predicted molar refractivity (Wildman–Crippen MR) is 630 cm³/mol. The minimum atomic E-state index is 0.861. The average Bonchev–Trinajstić information content (AvgIpc) is 1.46. The van der Waals surface area contributed by atoms with E-state index in [4.69, 9.17) is 43.2 Å². The Hall–Kier alpha value is -19.1. The van der Waals surface area contributed by atoms with E-state index in [1.54, 1.807) is 34.0 Å². The van der Waals surface area contributed by atoms with E-state index in [2.05, 4.69) is 443 Å². The first-order valence-electron chi connectivity index (χ1n) is 50.3. The normalized spacial score (nSPS) is 11.7. The third-order valence-electron chi connectivity index (χ3n) is 29.1. The maximum atomic E-state index is 6.58. The summed E-state index contributed by atoms with van der Waals surface area (Å²) in [6.45, 7) is 0. The lowest BCUT2D eigenvalue weighted by Crippen LogP contribution is -1.93. The number of rotatable bonds is 13. The summed E-state index contributed by atoms with van der Waals surface area (Å²) < 4.78 is 23.3. The largest absolute Gasteiger partial charge is 0.456 e. The Bertz CT molecular complexity index is 10400. The molecule has 0 radical (unpaired) electrons.